The van der Waals surface area contributed by atoms with Crippen molar-refractivity contribution in [2.75, 3.05) is 11.2 Å². The largest absolute Gasteiger partial charge is 0.366 e. The molecule has 0 aromatic carbocycles. The Morgan fingerprint density at radius 3 is 2.93 bits per heavy atom. The van der Waals surface area contributed by atoms with Gasteiger partial charge in [-0.3, -0.25) is 0 Å². The number of aromatic nitrogens is 2. The van der Waals surface area contributed by atoms with E-state index in [0.717, 1.165) is 12.8 Å². The fourth-order valence-corrected chi connectivity index (χ4v) is 1.55. The first kappa shape index (κ1) is 11.5. The molecule has 0 saturated heterocycles. The fraction of sp³-hybridized carbons (Fsp3) is 0.556. The van der Waals surface area contributed by atoms with Gasteiger partial charge in [0.15, 0.2) is 0 Å². The summed E-state index contributed by atoms with van der Waals surface area (Å²) in [7, 11) is 0. The maximum atomic E-state index is 5.90. The summed E-state index contributed by atoms with van der Waals surface area (Å²) in [6, 6.07) is 0.319. The van der Waals surface area contributed by atoms with E-state index in [9.17, 15) is 0 Å². The highest BCUT2D eigenvalue weighted by Gasteiger charge is 2.08. The van der Waals surface area contributed by atoms with Crippen LogP contribution in [0, 0.1) is 0 Å². The molecule has 0 aliphatic heterocycles. The summed E-state index contributed by atoms with van der Waals surface area (Å²) in [5.74, 6) is 1.31. The van der Waals surface area contributed by atoms with Crippen LogP contribution in [0.15, 0.2) is 12.5 Å². The zero-order valence-electron chi connectivity index (χ0n) is 8.00. The van der Waals surface area contributed by atoms with E-state index in [1.165, 1.54) is 6.33 Å². The Bertz CT molecular complexity index is 281. The van der Waals surface area contributed by atoms with Crippen molar-refractivity contribution in [3.63, 3.8) is 0 Å². The first-order valence-electron chi connectivity index (χ1n) is 4.56. The number of hydrogen-bond acceptors (Lipinski definition) is 3. The van der Waals surface area contributed by atoms with Gasteiger partial charge in [-0.1, -0.05) is 18.5 Å². The molecule has 0 amide bonds. The van der Waals surface area contributed by atoms with Crippen LogP contribution >= 0.6 is 23.2 Å². The number of halogens is 2. The van der Waals surface area contributed by atoms with Gasteiger partial charge in [-0.2, -0.15) is 0 Å². The predicted octanol–water partition coefficient (Wildman–Crippen LogP) is 2.95. The van der Waals surface area contributed by atoms with Crippen molar-refractivity contribution >= 4 is 29.0 Å². The number of nitrogens with zero attached hydrogens (tertiary/aromatic N) is 2. The van der Waals surface area contributed by atoms with Crippen LogP contribution in [-0.4, -0.2) is 21.9 Å². The topological polar surface area (TPSA) is 37.8 Å². The average molecular weight is 234 g/mol. The van der Waals surface area contributed by atoms with E-state index in [-0.39, 0.29) is 0 Å². The number of alkyl halides is 1. The van der Waals surface area contributed by atoms with Crippen molar-refractivity contribution < 1.29 is 0 Å². The molecule has 1 aromatic rings. The van der Waals surface area contributed by atoms with Gasteiger partial charge in [-0.15, -0.1) is 11.6 Å². The lowest BCUT2D eigenvalue weighted by Gasteiger charge is -2.16. The molecule has 3 nitrogen and oxygen atoms in total. The van der Waals surface area contributed by atoms with Crippen LogP contribution in [0.4, 0.5) is 5.82 Å². The fourth-order valence-electron chi connectivity index (χ4n) is 1.12. The van der Waals surface area contributed by atoms with Crippen LogP contribution in [0.5, 0.6) is 0 Å². The Balaban J connectivity index is 2.62. The van der Waals surface area contributed by atoms with E-state index in [0.29, 0.717) is 22.8 Å². The van der Waals surface area contributed by atoms with Crippen molar-refractivity contribution in [3.05, 3.63) is 17.5 Å². The normalized spacial score (nSPS) is 12.5. The summed E-state index contributed by atoms with van der Waals surface area (Å²) < 4.78 is 0. The number of anilines is 1. The Hall–Kier alpha value is -0.540. The molecule has 5 heteroatoms. The first-order valence-corrected chi connectivity index (χ1v) is 5.47. The third kappa shape index (κ3) is 3.31. The Morgan fingerprint density at radius 1 is 1.57 bits per heavy atom. The van der Waals surface area contributed by atoms with Crippen LogP contribution in [0.25, 0.3) is 0 Å². The van der Waals surface area contributed by atoms with Crippen LogP contribution < -0.4 is 5.32 Å². The molecule has 14 heavy (non-hydrogen) atoms. The molecule has 0 fully saturated rings. The van der Waals surface area contributed by atoms with Gasteiger partial charge in [0.2, 0.25) is 0 Å². The monoisotopic (exact) mass is 233 g/mol. The molecule has 0 radical (unpaired) electrons. The minimum absolute atomic E-state index is 0.319. The Morgan fingerprint density at radius 2 is 2.36 bits per heavy atom. The van der Waals surface area contributed by atoms with Gasteiger partial charge in [-0.05, 0) is 12.8 Å². The van der Waals surface area contributed by atoms with E-state index < -0.39 is 0 Å². The second-order valence-electron chi connectivity index (χ2n) is 2.95. The lowest BCUT2D eigenvalue weighted by atomic mass is 10.2. The van der Waals surface area contributed by atoms with Crippen LogP contribution in [0.2, 0.25) is 5.02 Å². The average Bonchev–Trinajstić information content (AvgIpc) is 2.20. The van der Waals surface area contributed by atoms with E-state index in [2.05, 4.69) is 22.2 Å². The molecule has 0 bridgehead atoms. The molecule has 0 spiro atoms. The maximum absolute atomic E-state index is 5.90. The minimum Gasteiger partial charge on any atom is -0.366 e. The van der Waals surface area contributed by atoms with Gasteiger partial charge in [0.1, 0.15) is 17.2 Å². The van der Waals surface area contributed by atoms with E-state index in [1.54, 1.807) is 6.20 Å². The van der Waals surface area contributed by atoms with Crippen molar-refractivity contribution in [1.82, 2.24) is 9.97 Å². The van der Waals surface area contributed by atoms with E-state index in [4.69, 9.17) is 23.2 Å². The summed E-state index contributed by atoms with van der Waals surface area (Å²) in [5, 5.41) is 3.77. The van der Waals surface area contributed by atoms with Crippen LogP contribution in [0.1, 0.15) is 19.8 Å². The second kappa shape index (κ2) is 6.04. The van der Waals surface area contributed by atoms with E-state index in [1.807, 2.05) is 0 Å². The summed E-state index contributed by atoms with van der Waals surface area (Å²) in [6.07, 6.45) is 4.94. The smallest absolute Gasteiger partial charge is 0.148 e. The molecule has 1 atom stereocenters. The number of rotatable bonds is 5. The Kier molecular flexibility index (Phi) is 4.98. The lowest BCUT2D eigenvalue weighted by molar-refractivity contribution is 0.671. The zero-order chi connectivity index (χ0) is 10.4. The molecule has 1 rings (SSSR count). The van der Waals surface area contributed by atoms with Crippen molar-refractivity contribution in [2.24, 2.45) is 0 Å². The summed E-state index contributed by atoms with van der Waals surface area (Å²) in [4.78, 5) is 7.87. The van der Waals surface area contributed by atoms with Crippen molar-refractivity contribution in [1.29, 1.82) is 0 Å². The molecule has 1 aromatic heterocycles. The highest BCUT2D eigenvalue weighted by atomic mass is 35.5. The third-order valence-electron chi connectivity index (χ3n) is 1.96. The van der Waals surface area contributed by atoms with Gasteiger partial charge >= 0.3 is 0 Å². The minimum atomic E-state index is 0.319. The lowest BCUT2D eigenvalue weighted by Crippen LogP contribution is -2.19. The quantitative estimate of drug-likeness (QED) is 0.796. The SMILES string of the molecule is CCC(CCCl)Nc1ncncc1Cl. The summed E-state index contributed by atoms with van der Waals surface area (Å²) >= 11 is 11.6. The summed E-state index contributed by atoms with van der Waals surface area (Å²) in [6.45, 7) is 2.10. The first-order chi connectivity index (χ1) is 6.77. The van der Waals surface area contributed by atoms with Gasteiger partial charge in [0.05, 0.1) is 6.20 Å². The molecule has 0 saturated carbocycles. The zero-order valence-corrected chi connectivity index (χ0v) is 9.52. The number of hydrogen-bond donors (Lipinski definition) is 1. The van der Waals surface area contributed by atoms with Crippen molar-refractivity contribution in [2.45, 2.75) is 25.8 Å². The van der Waals surface area contributed by atoms with Crippen LogP contribution in [-0.2, 0) is 0 Å². The highest BCUT2D eigenvalue weighted by Crippen LogP contribution is 2.18. The Labute approximate surface area is 93.9 Å². The predicted molar refractivity (Wildman–Crippen MR) is 60.1 cm³/mol. The van der Waals surface area contributed by atoms with Gasteiger partial charge < -0.3 is 5.32 Å². The standard InChI is InChI=1S/C9H13Cl2N3/c1-2-7(3-4-10)14-9-8(11)5-12-6-13-9/h5-7H,2-4H2,1H3,(H,12,13,14). The number of nitrogens with one attached hydrogen (secondary N) is 1. The van der Waals surface area contributed by atoms with Crippen LogP contribution in [0.3, 0.4) is 0 Å². The molecule has 1 heterocycles. The summed E-state index contributed by atoms with van der Waals surface area (Å²) in [5.41, 5.74) is 0. The molecule has 1 N–H and O–H groups in total. The molecule has 1 unspecified atom stereocenters. The maximum Gasteiger partial charge on any atom is 0.148 e. The van der Waals surface area contributed by atoms with Gasteiger partial charge in [0.25, 0.3) is 0 Å². The molecular weight excluding hydrogens is 221 g/mol. The molecule has 0 aliphatic carbocycles. The highest BCUT2D eigenvalue weighted by molar-refractivity contribution is 6.32. The van der Waals surface area contributed by atoms with Crippen molar-refractivity contribution in [3.8, 4) is 0 Å². The molecule has 78 valence electrons. The van der Waals surface area contributed by atoms with Gasteiger partial charge in [0, 0.05) is 11.9 Å². The molecule has 0 aliphatic rings. The molecular formula is C9H13Cl2N3. The van der Waals surface area contributed by atoms with Gasteiger partial charge in [-0.25, -0.2) is 9.97 Å². The third-order valence-corrected chi connectivity index (χ3v) is 2.45. The second-order valence-corrected chi connectivity index (χ2v) is 3.73. The van der Waals surface area contributed by atoms with E-state index >= 15 is 0 Å².